The highest BCUT2D eigenvalue weighted by Crippen LogP contribution is 2.17. The molecule has 1 aliphatic heterocycles. The second kappa shape index (κ2) is 6.74. The molecule has 1 heterocycles. The first kappa shape index (κ1) is 13.3. The molecule has 0 saturated carbocycles. The van der Waals surface area contributed by atoms with Crippen LogP contribution in [0.3, 0.4) is 0 Å². The molecule has 0 atom stereocenters. The highest BCUT2D eigenvalue weighted by Gasteiger charge is 2.10. The summed E-state index contributed by atoms with van der Waals surface area (Å²) in [5, 5.41) is 1.16. The summed E-state index contributed by atoms with van der Waals surface area (Å²) in [6.45, 7) is 2.96. The monoisotopic (exact) mass is 261 g/mol. The highest BCUT2D eigenvalue weighted by atomic mass is 32.2. The fourth-order valence-electron chi connectivity index (χ4n) is 1.94. The van der Waals surface area contributed by atoms with Crippen molar-refractivity contribution in [3.05, 3.63) is 35.4 Å². The van der Waals surface area contributed by atoms with Crippen molar-refractivity contribution >= 4 is 22.6 Å². The Morgan fingerprint density at radius 1 is 1.22 bits per heavy atom. The number of carbonyl (C=O) groups excluding carboxylic acids is 1. The van der Waals surface area contributed by atoms with E-state index in [2.05, 4.69) is 4.99 Å². The smallest absolute Gasteiger partial charge is 0.173 e. The van der Waals surface area contributed by atoms with Gasteiger partial charge in [0, 0.05) is 12.1 Å². The van der Waals surface area contributed by atoms with Crippen molar-refractivity contribution in [2.24, 2.45) is 4.99 Å². The minimum Gasteiger partial charge on any atom is -0.293 e. The standard InChI is InChI=1S/C15H19NOS/c1-12-6-8-13(9-7-12)14(17)11-18-15-5-3-2-4-10-16-15/h6-9H,2-5,10-11H2,1H3. The molecule has 1 aromatic rings. The van der Waals surface area contributed by atoms with Crippen LogP contribution >= 0.6 is 11.8 Å². The summed E-state index contributed by atoms with van der Waals surface area (Å²) in [5.41, 5.74) is 2.00. The molecular weight excluding hydrogens is 242 g/mol. The summed E-state index contributed by atoms with van der Waals surface area (Å²) in [6, 6.07) is 7.79. The quantitative estimate of drug-likeness (QED) is 0.773. The Morgan fingerprint density at radius 3 is 2.78 bits per heavy atom. The Morgan fingerprint density at radius 2 is 2.00 bits per heavy atom. The van der Waals surface area contributed by atoms with Crippen molar-refractivity contribution in [3.8, 4) is 0 Å². The average molecular weight is 261 g/mol. The first-order valence-electron chi connectivity index (χ1n) is 6.52. The van der Waals surface area contributed by atoms with E-state index in [1.54, 1.807) is 11.8 Å². The molecule has 0 aliphatic carbocycles. The predicted octanol–water partition coefficient (Wildman–Crippen LogP) is 3.88. The normalized spacial score (nSPS) is 15.9. The number of hydrogen-bond acceptors (Lipinski definition) is 3. The van der Waals surface area contributed by atoms with Crippen molar-refractivity contribution < 1.29 is 4.79 Å². The van der Waals surface area contributed by atoms with Crippen LogP contribution in [0.4, 0.5) is 0 Å². The number of ketones is 1. The molecule has 0 fully saturated rings. The van der Waals surface area contributed by atoms with Gasteiger partial charge in [-0.1, -0.05) is 36.2 Å². The third-order valence-electron chi connectivity index (χ3n) is 3.08. The number of hydrogen-bond donors (Lipinski definition) is 0. The zero-order valence-electron chi connectivity index (χ0n) is 10.8. The Hall–Kier alpha value is -1.09. The van der Waals surface area contributed by atoms with Gasteiger partial charge in [0.1, 0.15) is 0 Å². The van der Waals surface area contributed by atoms with Gasteiger partial charge < -0.3 is 0 Å². The number of Topliss-reactive ketones (excluding diaryl/α,β-unsaturated/α-hetero) is 1. The minimum atomic E-state index is 0.201. The van der Waals surface area contributed by atoms with Crippen LogP contribution in [0.1, 0.15) is 41.6 Å². The van der Waals surface area contributed by atoms with Gasteiger partial charge in [0.05, 0.1) is 10.8 Å². The van der Waals surface area contributed by atoms with Crippen LogP contribution in [0.15, 0.2) is 29.3 Å². The summed E-state index contributed by atoms with van der Waals surface area (Å²) < 4.78 is 0. The molecule has 2 nitrogen and oxygen atoms in total. The molecule has 3 heteroatoms. The van der Waals surface area contributed by atoms with Crippen molar-refractivity contribution in [1.82, 2.24) is 0 Å². The van der Waals surface area contributed by atoms with Crippen LogP contribution in [0.2, 0.25) is 0 Å². The highest BCUT2D eigenvalue weighted by molar-refractivity contribution is 8.14. The maximum atomic E-state index is 12.0. The van der Waals surface area contributed by atoms with Gasteiger partial charge in [-0.3, -0.25) is 9.79 Å². The van der Waals surface area contributed by atoms with Crippen LogP contribution in [-0.4, -0.2) is 23.1 Å². The van der Waals surface area contributed by atoms with Crippen molar-refractivity contribution in [2.45, 2.75) is 32.6 Å². The van der Waals surface area contributed by atoms with E-state index < -0.39 is 0 Å². The number of thioether (sulfide) groups is 1. The molecular formula is C15H19NOS. The lowest BCUT2D eigenvalue weighted by molar-refractivity contribution is 0.102. The molecule has 0 amide bonds. The van der Waals surface area contributed by atoms with Gasteiger partial charge in [0.25, 0.3) is 0 Å². The summed E-state index contributed by atoms with van der Waals surface area (Å²) in [6.07, 6.45) is 4.71. The van der Waals surface area contributed by atoms with E-state index >= 15 is 0 Å². The third-order valence-corrected chi connectivity index (χ3v) is 4.15. The SMILES string of the molecule is Cc1ccc(C(=O)CSC2=NCCCCC2)cc1. The molecule has 1 aromatic carbocycles. The maximum Gasteiger partial charge on any atom is 0.173 e. The largest absolute Gasteiger partial charge is 0.293 e. The van der Waals surface area contributed by atoms with E-state index in [1.165, 1.54) is 24.8 Å². The summed E-state index contributed by atoms with van der Waals surface area (Å²) in [5.74, 6) is 0.717. The van der Waals surface area contributed by atoms with E-state index in [1.807, 2.05) is 31.2 Å². The number of aliphatic imine (C=N–C) groups is 1. The van der Waals surface area contributed by atoms with Gasteiger partial charge in [-0.2, -0.15) is 0 Å². The average Bonchev–Trinajstić information content (AvgIpc) is 2.65. The Labute approximate surface area is 113 Å². The second-order valence-corrected chi connectivity index (χ2v) is 5.71. The van der Waals surface area contributed by atoms with E-state index in [9.17, 15) is 4.79 Å². The molecule has 0 unspecified atom stereocenters. The first-order valence-corrected chi connectivity index (χ1v) is 7.50. The summed E-state index contributed by atoms with van der Waals surface area (Å²) in [7, 11) is 0. The first-order chi connectivity index (χ1) is 8.75. The maximum absolute atomic E-state index is 12.0. The molecule has 0 bridgehead atoms. The van der Waals surface area contributed by atoms with Crippen LogP contribution in [0.25, 0.3) is 0 Å². The van der Waals surface area contributed by atoms with Gasteiger partial charge in [-0.15, -0.1) is 11.8 Å². The van der Waals surface area contributed by atoms with E-state index in [4.69, 9.17) is 0 Å². The van der Waals surface area contributed by atoms with Crippen LogP contribution in [-0.2, 0) is 0 Å². The second-order valence-electron chi connectivity index (χ2n) is 4.66. The lowest BCUT2D eigenvalue weighted by Gasteiger charge is -2.04. The summed E-state index contributed by atoms with van der Waals surface area (Å²) >= 11 is 1.62. The molecule has 0 spiro atoms. The van der Waals surface area contributed by atoms with E-state index in [0.717, 1.165) is 23.6 Å². The minimum absolute atomic E-state index is 0.201. The molecule has 18 heavy (non-hydrogen) atoms. The zero-order valence-corrected chi connectivity index (χ0v) is 11.6. The molecule has 96 valence electrons. The van der Waals surface area contributed by atoms with Crippen molar-refractivity contribution in [1.29, 1.82) is 0 Å². The van der Waals surface area contributed by atoms with E-state index in [0.29, 0.717) is 5.75 Å². The Kier molecular flexibility index (Phi) is 5.00. The predicted molar refractivity (Wildman–Crippen MR) is 78.7 cm³/mol. The Bertz CT molecular complexity index is 436. The van der Waals surface area contributed by atoms with E-state index in [-0.39, 0.29) is 5.78 Å². The van der Waals surface area contributed by atoms with Crippen molar-refractivity contribution in [2.75, 3.05) is 12.3 Å². The molecule has 0 aromatic heterocycles. The number of nitrogens with zero attached hydrogens (tertiary/aromatic N) is 1. The van der Waals surface area contributed by atoms with Crippen LogP contribution in [0.5, 0.6) is 0 Å². The van der Waals surface area contributed by atoms with Gasteiger partial charge in [-0.25, -0.2) is 0 Å². The summed E-state index contributed by atoms with van der Waals surface area (Å²) in [4.78, 5) is 16.5. The number of aryl methyl sites for hydroxylation is 1. The molecule has 2 rings (SSSR count). The van der Waals surface area contributed by atoms with Crippen molar-refractivity contribution in [3.63, 3.8) is 0 Å². The Balaban J connectivity index is 1.87. The molecule has 1 aliphatic rings. The topological polar surface area (TPSA) is 29.4 Å². The fraction of sp³-hybridized carbons (Fsp3) is 0.467. The van der Waals surface area contributed by atoms with Gasteiger partial charge in [0.15, 0.2) is 5.78 Å². The molecule has 0 saturated heterocycles. The number of benzene rings is 1. The van der Waals surface area contributed by atoms with Gasteiger partial charge >= 0.3 is 0 Å². The lowest BCUT2D eigenvalue weighted by Crippen LogP contribution is -2.05. The molecule has 0 N–H and O–H groups in total. The number of rotatable bonds is 3. The fourth-order valence-corrected chi connectivity index (χ4v) is 2.87. The number of carbonyl (C=O) groups is 1. The molecule has 0 radical (unpaired) electrons. The lowest BCUT2D eigenvalue weighted by atomic mass is 10.1. The van der Waals surface area contributed by atoms with Gasteiger partial charge in [-0.05, 0) is 26.2 Å². The van der Waals surface area contributed by atoms with Crippen LogP contribution < -0.4 is 0 Å². The zero-order chi connectivity index (χ0) is 12.8. The third kappa shape index (κ3) is 3.98. The van der Waals surface area contributed by atoms with Crippen LogP contribution in [0, 0.1) is 6.92 Å². The van der Waals surface area contributed by atoms with Gasteiger partial charge in [0.2, 0.25) is 0 Å².